The number of hydrogen-bond acceptors (Lipinski definition) is 5. The smallest absolute Gasteiger partial charge is 0.229 e. The average Bonchev–Trinajstić information content (AvgIpc) is 2.71. The fraction of sp³-hybridized carbons (Fsp3) is 0.286. The molecule has 2 aromatic carbocycles. The summed E-state index contributed by atoms with van der Waals surface area (Å²) in [6.45, 7) is 1.73. The molecule has 0 spiro atoms. The summed E-state index contributed by atoms with van der Waals surface area (Å²) in [6.07, 6.45) is -1.78. The molecular formula is C21H20Cl2FN5O3. The molecule has 0 aliphatic carbocycles. The normalized spacial score (nSPS) is 24.8. The van der Waals surface area contributed by atoms with Gasteiger partial charge < -0.3 is 21.3 Å². The van der Waals surface area contributed by atoms with Crippen LogP contribution in [0.25, 0.3) is 0 Å². The number of aryl methyl sites for hydroxylation is 1. The van der Waals surface area contributed by atoms with E-state index in [4.69, 9.17) is 23.2 Å². The van der Waals surface area contributed by atoms with Crippen LogP contribution in [0.1, 0.15) is 12.0 Å². The van der Waals surface area contributed by atoms with Gasteiger partial charge in [0.1, 0.15) is 5.82 Å². The molecule has 2 fully saturated rings. The lowest BCUT2D eigenvalue weighted by Crippen LogP contribution is -2.72. The molecule has 32 heavy (non-hydrogen) atoms. The Hall–Kier alpha value is -2.88. The molecule has 2 aromatic rings. The molecule has 0 bridgehead atoms. The van der Waals surface area contributed by atoms with Crippen molar-refractivity contribution in [3.63, 3.8) is 0 Å². The number of fused-ring (bicyclic) bond motifs is 1. The maximum absolute atomic E-state index is 14.2. The van der Waals surface area contributed by atoms with E-state index >= 15 is 0 Å². The van der Waals surface area contributed by atoms with Crippen LogP contribution >= 0.6 is 23.2 Å². The van der Waals surface area contributed by atoms with Crippen molar-refractivity contribution in [1.82, 2.24) is 16.0 Å². The number of anilines is 2. The molecule has 4 atom stereocenters. The molecule has 168 valence electrons. The number of carbonyl (C=O) groups excluding carboxylic acids is 3. The zero-order valence-corrected chi connectivity index (χ0v) is 18.4. The number of piperidine rings is 1. The first kappa shape index (κ1) is 22.3. The van der Waals surface area contributed by atoms with Crippen LogP contribution in [0, 0.1) is 24.6 Å². The molecule has 4 unspecified atom stereocenters. The third kappa shape index (κ3) is 4.64. The number of benzene rings is 2. The second-order valence-corrected chi connectivity index (χ2v) is 8.57. The summed E-state index contributed by atoms with van der Waals surface area (Å²) in [6, 6.07) is 9.22. The van der Waals surface area contributed by atoms with Gasteiger partial charge in [0, 0.05) is 11.4 Å². The zero-order valence-electron chi connectivity index (χ0n) is 16.8. The standard InChI is InChI=1S/C21H20Cl2FN5O3/c1-9-2-4-15(13(24)6-9)25-19(31)11-8-16(30)27-18-17(11)20(32)29-21(28-18)26-14-5-3-10(22)7-12(14)23/h2-7,11,17-18,21,26,28H,8H2,1H3,(H,25,31)(H,27,30)(H,29,32). The largest absolute Gasteiger partial charge is 0.352 e. The minimum Gasteiger partial charge on any atom is -0.352 e. The highest BCUT2D eigenvalue weighted by Crippen LogP contribution is 2.30. The summed E-state index contributed by atoms with van der Waals surface area (Å²) < 4.78 is 14.2. The number of amides is 3. The zero-order chi connectivity index (χ0) is 23.0. The molecule has 2 aliphatic rings. The second kappa shape index (κ2) is 8.93. The summed E-state index contributed by atoms with van der Waals surface area (Å²) in [4.78, 5) is 38.1. The van der Waals surface area contributed by atoms with E-state index in [1.165, 1.54) is 12.1 Å². The number of hydrogen-bond donors (Lipinski definition) is 5. The van der Waals surface area contributed by atoms with Gasteiger partial charge in [-0.25, -0.2) is 4.39 Å². The maximum atomic E-state index is 14.2. The van der Waals surface area contributed by atoms with Crippen LogP contribution in [0.4, 0.5) is 15.8 Å². The number of halogens is 3. The van der Waals surface area contributed by atoms with Crippen LogP contribution < -0.4 is 26.6 Å². The monoisotopic (exact) mass is 479 g/mol. The van der Waals surface area contributed by atoms with Gasteiger partial charge in [-0.3, -0.25) is 19.7 Å². The van der Waals surface area contributed by atoms with E-state index in [-0.39, 0.29) is 12.1 Å². The molecule has 4 rings (SSSR count). The van der Waals surface area contributed by atoms with Crippen molar-refractivity contribution in [3.8, 4) is 0 Å². The Morgan fingerprint density at radius 1 is 1.09 bits per heavy atom. The molecule has 3 amide bonds. The third-order valence-electron chi connectivity index (χ3n) is 5.40. The third-order valence-corrected chi connectivity index (χ3v) is 5.95. The lowest BCUT2D eigenvalue weighted by molar-refractivity contribution is -0.144. The summed E-state index contributed by atoms with van der Waals surface area (Å²) in [5.74, 6) is -3.92. The lowest BCUT2D eigenvalue weighted by Gasteiger charge is -2.43. The van der Waals surface area contributed by atoms with Crippen LogP contribution in [-0.4, -0.2) is 30.2 Å². The van der Waals surface area contributed by atoms with E-state index < -0.39 is 47.8 Å². The van der Waals surface area contributed by atoms with Gasteiger partial charge in [-0.1, -0.05) is 29.3 Å². The van der Waals surface area contributed by atoms with Crippen LogP contribution in [0.3, 0.4) is 0 Å². The maximum Gasteiger partial charge on any atom is 0.229 e. The summed E-state index contributed by atoms with van der Waals surface area (Å²) in [7, 11) is 0. The predicted octanol–water partition coefficient (Wildman–Crippen LogP) is 2.57. The van der Waals surface area contributed by atoms with Crippen molar-refractivity contribution in [2.75, 3.05) is 10.6 Å². The van der Waals surface area contributed by atoms with Gasteiger partial charge in [0.25, 0.3) is 0 Å². The average molecular weight is 480 g/mol. The van der Waals surface area contributed by atoms with E-state index in [1.54, 1.807) is 31.2 Å². The SMILES string of the molecule is Cc1ccc(NC(=O)C2CC(=O)NC3NC(Nc4ccc(Cl)cc4Cl)NC(=O)C32)c(F)c1. The minimum atomic E-state index is -0.984. The van der Waals surface area contributed by atoms with Gasteiger partial charge in [-0.15, -0.1) is 0 Å². The molecule has 2 heterocycles. The molecule has 2 saturated heterocycles. The first-order chi connectivity index (χ1) is 15.2. The number of nitrogens with one attached hydrogen (secondary N) is 5. The van der Waals surface area contributed by atoms with Gasteiger partial charge in [0.2, 0.25) is 17.7 Å². The fourth-order valence-corrected chi connectivity index (χ4v) is 4.33. The summed E-state index contributed by atoms with van der Waals surface area (Å²) in [5, 5.41) is 14.8. The highest BCUT2D eigenvalue weighted by Gasteiger charge is 2.48. The van der Waals surface area contributed by atoms with Crippen molar-refractivity contribution in [2.24, 2.45) is 11.8 Å². The molecule has 0 radical (unpaired) electrons. The van der Waals surface area contributed by atoms with E-state index in [0.29, 0.717) is 21.3 Å². The van der Waals surface area contributed by atoms with Crippen molar-refractivity contribution in [2.45, 2.75) is 25.8 Å². The molecular weight excluding hydrogens is 460 g/mol. The Labute approximate surface area is 193 Å². The van der Waals surface area contributed by atoms with Gasteiger partial charge in [0.05, 0.1) is 34.4 Å². The number of rotatable bonds is 4. The Bertz CT molecular complexity index is 1100. The van der Waals surface area contributed by atoms with E-state index in [9.17, 15) is 18.8 Å². The minimum absolute atomic E-state index is 0.00997. The Morgan fingerprint density at radius 2 is 1.84 bits per heavy atom. The van der Waals surface area contributed by atoms with Crippen LogP contribution in [0.5, 0.6) is 0 Å². The second-order valence-electron chi connectivity index (χ2n) is 7.73. The van der Waals surface area contributed by atoms with Gasteiger partial charge in [-0.2, -0.15) is 0 Å². The van der Waals surface area contributed by atoms with Crippen molar-refractivity contribution < 1.29 is 18.8 Å². The van der Waals surface area contributed by atoms with E-state index in [0.717, 1.165) is 0 Å². The molecule has 0 saturated carbocycles. The Kier molecular flexibility index (Phi) is 6.23. The number of carbonyl (C=O) groups is 3. The molecule has 8 nitrogen and oxygen atoms in total. The molecule has 11 heteroatoms. The van der Waals surface area contributed by atoms with Crippen molar-refractivity contribution >= 4 is 52.3 Å². The van der Waals surface area contributed by atoms with Crippen molar-refractivity contribution in [1.29, 1.82) is 0 Å². The highest BCUT2D eigenvalue weighted by molar-refractivity contribution is 6.36. The van der Waals surface area contributed by atoms with E-state index in [2.05, 4.69) is 26.6 Å². The van der Waals surface area contributed by atoms with Gasteiger partial charge in [0.15, 0.2) is 6.29 Å². The van der Waals surface area contributed by atoms with Crippen LogP contribution in [0.15, 0.2) is 36.4 Å². The van der Waals surface area contributed by atoms with Crippen LogP contribution in [-0.2, 0) is 14.4 Å². The molecule has 0 aromatic heterocycles. The molecule has 2 aliphatic heterocycles. The predicted molar refractivity (Wildman–Crippen MR) is 118 cm³/mol. The van der Waals surface area contributed by atoms with E-state index in [1.807, 2.05) is 0 Å². The fourth-order valence-electron chi connectivity index (χ4n) is 3.86. The van der Waals surface area contributed by atoms with Crippen LogP contribution in [0.2, 0.25) is 10.0 Å². The highest BCUT2D eigenvalue weighted by atomic mass is 35.5. The lowest BCUT2D eigenvalue weighted by atomic mass is 9.81. The summed E-state index contributed by atoms with van der Waals surface area (Å²) in [5.41, 5.74) is 1.20. The summed E-state index contributed by atoms with van der Waals surface area (Å²) >= 11 is 12.1. The Balaban J connectivity index is 1.50. The topological polar surface area (TPSA) is 111 Å². The van der Waals surface area contributed by atoms with Gasteiger partial charge in [-0.05, 0) is 42.8 Å². The first-order valence-corrected chi connectivity index (χ1v) is 10.6. The van der Waals surface area contributed by atoms with Crippen molar-refractivity contribution in [3.05, 3.63) is 57.8 Å². The van der Waals surface area contributed by atoms with Gasteiger partial charge >= 0.3 is 0 Å². The molecule has 5 N–H and O–H groups in total. The Morgan fingerprint density at radius 3 is 2.56 bits per heavy atom. The quantitative estimate of drug-likeness (QED) is 0.462. The first-order valence-electron chi connectivity index (χ1n) is 9.85.